The van der Waals surface area contributed by atoms with E-state index in [0.29, 0.717) is 0 Å². The lowest BCUT2D eigenvalue weighted by Crippen LogP contribution is -2.29. The molecule has 6 rings (SSSR count). The van der Waals surface area contributed by atoms with E-state index in [-0.39, 0.29) is 0 Å². The highest BCUT2D eigenvalue weighted by atomic mass is 14.3. The van der Waals surface area contributed by atoms with Crippen molar-refractivity contribution in [2.75, 3.05) is 0 Å². The first-order valence-electron chi connectivity index (χ1n) is 10.2. The van der Waals surface area contributed by atoms with Crippen LogP contribution in [-0.2, 0) is 19.3 Å². The van der Waals surface area contributed by atoms with Crippen molar-refractivity contribution in [2.45, 2.75) is 25.7 Å². The van der Waals surface area contributed by atoms with Gasteiger partial charge in [0.1, 0.15) is 0 Å². The third kappa shape index (κ3) is 1.95. The summed E-state index contributed by atoms with van der Waals surface area (Å²) in [7, 11) is 0. The van der Waals surface area contributed by atoms with Gasteiger partial charge in [0.25, 0.3) is 0 Å². The Balaban J connectivity index is 1.99. The number of aryl methyl sites for hydroxylation is 2. The lowest BCUT2D eigenvalue weighted by Gasteiger charge is -2.26. The maximum atomic E-state index is 4.47. The number of hydrogen-bond acceptors (Lipinski definition) is 0. The van der Waals surface area contributed by atoms with E-state index >= 15 is 0 Å². The fraction of sp³-hybridized carbons (Fsp3) is 0.143. The summed E-state index contributed by atoms with van der Waals surface area (Å²) in [6.45, 7) is 8.39. The van der Waals surface area contributed by atoms with Crippen molar-refractivity contribution in [3.05, 3.63) is 87.8 Å². The molecular weight excluding hydrogens is 336 g/mol. The lowest BCUT2D eigenvalue weighted by atomic mass is 9.77. The van der Waals surface area contributed by atoms with Gasteiger partial charge in [-0.3, -0.25) is 0 Å². The number of allylic oxidation sites excluding steroid dienone is 2. The second-order valence-electron chi connectivity index (χ2n) is 8.08. The van der Waals surface area contributed by atoms with Gasteiger partial charge in [-0.25, -0.2) is 0 Å². The summed E-state index contributed by atoms with van der Waals surface area (Å²) in [5.74, 6) is 0. The molecule has 0 heteroatoms. The molecule has 134 valence electrons. The minimum atomic E-state index is 1.08. The molecule has 4 aromatic rings. The van der Waals surface area contributed by atoms with Crippen LogP contribution >= 0.6 is 0 Å². The Morgan fingerprint density at radius 2 is 1.50 bits per heavy atom. The van der Waals surface area contributed by atoms with Gasteiger partial charge in [0.05, 0.1) is 0 Å². The Kier molecular flexibility index (Phi) is 3.23. The lowest BCUT2D eigenvalue weighted by molar-refractivity contribution is 0.902. The number of rotatable bonds is 1. The van der Waals surface area contributed by atoms with Crippen molar-refractivity contribution in [1.29, 1.82) is 0 Å². The maximum Gasteiger partial charge on any atom is -0.00577 e. The highest BCUT2D eigenvalue weighted by Crippen LogP contribution is 2.43. The highest BCUT2D eigenvalue weighted by Gasteiger charge is 2.23. The predicted molar refractivity (Wildman–Crippen MR) is 123 cm³/mol. The largest absolute Gasteiger partial charge is 0.0990 e. The van der Waals surface area contributed by atoms with Gasteiger partial charge < -0.3 is 0 Å². The molecule has 0 aliphatic heterocycles. The summed E-state index contributed by atoms with van der Waals surface area (Å²) in [6, 6.07) is 13.7. The molecule has 2 aliphatic carbocycles. The first-order valence-corrected chi connectivity index (χ1v) is 10.2. The zero-order valence-corrected chi connectivity index (χ0v) is 16.0. The molecule has 0 nitrogen and oxygen atoms in total. The van der Waals surface area contributed by atoms with E-state index in [1.807, 2.05) is 6.08 Å². The molecule has 0 saturated carbocycles. The standard InChI is InChI=1S/C28H22/c1-3-8-18-15-25-22-11-6-7-12-23(22)26-16-19-9-4-5-10-21(19)24-14-13-20(17(18)2)27(25)28(24)26/h3-4,6-9,11-12,15-16H,1-2,5,10,13-14H2/b18-8-. The number of fused-ring (bicyclic) bond motifs is 5. The summed E-state index contributed by atoms with van der Waals surface area (Å²) >= 11 is 0. The Morgan fingerprint density at radius 3 is 2.29 bits per heavy atom. The van der Waals surface area contributed by atoms with Gasteiger partial charge in [0.15, 0.2) is 0 Å². The van der Waals surface area contributed by atoms with Crippen molar-refractivity contribution in [1.82, 2.24) is 0 Å². The van der Waals surface area contributed by atoms with E-state index in [1.54, 1.807) is 11.1 Å². The zero-order valence-electron chi connectivity index (χ0n) is 16.0. The zero-order chi connectivity index (χ0) is 18.8. The van der Waals surface area contributed by atoms with Crippen molar-refractivity contribution < 1.29 is 0 Å². The van der Waals surface area contributed by atoms with E-state index in [4.69, 9.17) is 0 Å². The minimum absolute atomic E-state index is 1.08. The molecule has 0 fully saturated rings. The monoisotopic (exact) mass is 358 g/mol. The quantitative estimate of drug-likeness (QED) is 0.390. The molecule has 28 heavy (non-hydrogen) atoms. The first-order chi connectivity index (χ1) is 13.8. The molecule has 0 heterocycles. The smallest absolute Gasteiger partial charge is 0.00577 e. The second-order valence-corrected chi connectivity index (χ2v) is 8.08. The molecule has 0 amide bonds. The van der Waals surface area contributed by atoms with Crippen molar-refractivity contribution >= 4 is 51.0 Å². The van der Waals surface area contributed by atoms with E-state index < -0.39 is 0 Å². The van der Waals surface area contributed by atoms with Crippen LogP contribution in [-0.4, -0.2) is 0 Å². The topological polar surface area (TPSA) is 0 Å². The van der Waals surface area contributed by atoms with Crippen LogP contribution in [0.5, 0.6) is 0 Å². The van der Waals surface area contributed by atoms with Crippen molar-refractivity contribution in [3.8, 4) is 0 Å². The van der Waals surface area contributed by atoms with E-state index in [2.05, 4.69) is 67.8 Å². The molecule has 0 saturated heterocycles. The molecule has 2 aliphatic rings. The Morgan fingerprint density at radius 1 is 0.786 bits per heavy atom. The second kappa shape index (κ2) is 5.69. The molecule has 0 aromatic heterocycles. The fourth-order valence-electron chi connectivity index (χ4n) is 5.51. The van der Waals surface area contributed by atoms with Crippen LogP contribution in [0.1, 0.15) is 28.7 Å². The molecule has 4 aromatic carbocycles. The van der Waals surface area contributed by atoms with Gasteiger partial charge in [-0.15, -0.1) is 0 Å². The van der Waals surface area contributed by atoms with Crippen LogP contribution < -0.4 is 10.4 Å². The van der Waals surface area contributed by atoms with Crippen LogP contribution in [0.2, 0.25) is 0 Å². The average Bonchev–Trinajstić information content (AvgIpc) is 2.74. The fourth-order valence-corrected chi connectivity index (χ4v) is 5.51. The van der Waals surface area contributed by atoms with E-state index in [9.17, 15) is 0 Å². The third-order valence-corrected chi connectivity index (χ3v) is 6.71. The van der Waals surface area contributed by atoms with Crippen molar-refractivity contribution in [2.24, 2.45) is 0 Å². The normalized spacial score (nSPS) is 15.6. The summed E-state index contributed by atoms with van der Waals surface area (Å²) in [5, 5.41) is 10.8. The first kappa shape index (κ1) is 15.9. The minimum Gasteiger partial charge on any atom is -0.0990 e. The summed E-state index contributed by atoms with van der Waals surface area (Å²) in [5.41, 5.74) is 6.01. The predicted octanol–water partition coefficient (Wildman–Crippen LogP) is 5.58. The van der Waals surface area contributed by atoms with E-state index in [1.165, 1.54) is 60.3 Å². The average molecular weight is 358 g/mol. The van der Waals surface area contributed by atoms with Gasteiger partial charge in [-0.1, -0.05) is 61.7 Å². The summed E-state index contributed by atoms with van der Waals surface area (Å²) in [6.07, 6.45) is 13.2. The van der Waals surface area contributed by atoms with Crippen LogP contribution in [0, 0.1) is 0 Å². The Bertz CT molecular complexity index is 1480. The Labute approximate surface area is 164 Å². The highest BCUT2D eigenvalue weighted by molar-refractivity contribution is 6.27. The molecule has 0 spiro atoms. The Hall–Kier alpha value is -3.12. The van der Waals surface area contributed by atoms with Gasteiger partial charge >= 0.3 is 0 Å². The van der Waals surface area contributed by atoms with Crippen LogP contribution in [0.4, 0.5) is 0 Å². The van der Waals surface area contributed by atoms with Crippen LogP contribution in [0.25, 0.3) is 51.0 Å². The van der Waals surface area contributed by atoms with Crippen molar-refractivity contribution in [3.63, 3.8) is 0 Å². The van der Waals surface area contributed by atoms with Gasteiger partial charge in [-0.2, -0.15) is 0 Å². The molecule has 0 atom stereocenters. The van der Waals surface area contributed by atoms with Crippen LogP contribution in [0.15, 0.2) is 55.1 Å². The van der Waals surface area contributed by atoms with Gasteiger partial charge in [0.2, 0.25) is 0 Å². The van der Waals surface area contributed by atoms with Crippen LogP contribution in [0.3, 0.4) is 0 Å². The molecular formula is C28H22. The molecule has 0 N–H and O–H groups in total. The van der Waals surface area contributed by atoms with Gasteiger partial charge in [-0.05, 0) is 103 Å². The maximum absolute atomic E-state index is 4.47. The molecule has 0 bridgehead atoms. The number of benzene rings is 4. The van der Waals surface area contributed by atoms with E-state index in [0.717, 1.165) is 19.3 Å². The summed E-state index contributed by atoms with van der Waals surface area (Å²) < 4.78 is 0. The third-order valence-electron chi connectivity index (χ3n) is 6.71. The number of hydrogen-bond donors (Lipinski definition) is 0. The molecule has 0 radical (unpaired) electrons. The SMILES string of the molecule is C=C/C=c1/cc2c3ccccc3c3cc4c(c5c3c2c(c1=C)CC5)CCC=C4. The molecule has 0 unspecified atom stereocenters. The summed E-state index contributed by atoms with van der Waals surface area (Å²) in [4.78, 5) is 0. The van der Waals surface area contributed by atoms with Gasteiger partial charge in [0, 0.05) is 0 Å².